The standard InChI is InChI=1S/C19H21F2N3/c20-17-13-18(21)19(22-14-17)15-24-11-9-23(10-12-24)8-4-7-16-5-2-1-3-6-16/h1-7,13-14H,8-12,15H2/b7-4+. The molecule has 24 heavy (non-hydrogen) atoms. The highest BCUT2D eigenvalue weighted by atomic mass is 19.1. The zero-order valence-corrected chi connectivity index (χ0v) is 13.5. The molecule has 1 aromatic heterocycles. The minimum Gasteiger partial charge on any atom is -0.297 e. The van der Waals surface area contributed by atoms with E-state index in [1.807, 2.05) is 18.2 Å². The van der Waals surface area contributed by atoms with Crippen LogP contribution in [0.5, 0.6) is 0 Å². The van der Waals surface area contributed by atoms with Gasteiger partial charge in [0.1, 0.15) is 11.6 Å². The van der Waals surface area contributed by atoms with Crippen LogP contribution in [-0.2, 0) is 6.54 Å². The number of piperazine rings is 1. The van der Waals surface area contributed by atoms with E-state index >= 15 is 0 Å². The number of hydrogen-bond donors (Lipinski definition) is 0. The van der Waals surface area contributed by atoms with Crippen LogP contribution >= 0.6 is 0 Å². The molecular weight excluding hydrogens is 308 g/mol. The fraction of sp³-hybridized carbons (Fsp3) is 0.316. The first-order valence-electron chi connectivity index (χ1n) is 8.17. The number of pyridine rings is 1. The fourth-order valence-electron chi connectivity index (χ4n) is 2.80. The molecule has 126 valence electrons. The van der Waals surface area contributed by atoms with Crippen molar-refractivity contribution in [1.82, 2.24) is 14.8 Å². The van der Waals surface area contributed by atoms with Crippen LogP contribution in [0.4, 0.5) is 8.78 Å². The summed E-state index contributed by atoms with van der Waals surface area (Å²) in [5.74, 6) is -1.20. The summed E-state index contributed by atoms with van der Waals surface area (Å²) >= 11 is 0. The van der Waals surface area contributed by atoms with Gasteiger partial charge in [0.15, 0.2) is 0 Å². The molecule has 1 aliphatic heterocycles. The third-order valence-electron chi connectivity index (χ3n) is 4.20. The van der Waals surface area contributed by atoms with Crippen LogP contribution in [0, 0.1) is 11.6 Å². The van der Waals surface area contributed by atoms with Crippen LogP contribution in [0.15, 0.2) is 48.7 Å². The van der Waals surface area contributed by atoms with Gasteiger partial charge in [0.05, 0.1) is 11.9 Å². The lowest BCUT2D eigenvalue weighted by Gasteiger charge is -2.33. The van der Waals surface area contributed by atoms with Gasteiger partial charge in [0, 0.05) is 45.3 Å². The minimum atomic E-state index is -0.633. The highest BCUT2D eigenvalue weighted by molar-refractivity contribution is 5.48. The molecule has 3 rings (SSSR count). The van der Waals surface area contributed by atoms with Gasteiger partial charge in [-0.25, -0.2) is 8.78 Å². The predicted molar refractivity (Wildman–Crippen MR) is 91.3 cm³/mol. The van der Waals surface area contributed by atoms with Crippen molar-refractivity contribution in [3.8, 4) is 0 Å². The Bertz CT molecular complexity index is 680. The van der Waals surface area contributed by atoms with Crippen LogP contribution in [0.1, 0.15) is 11.3 Å². The molecule has 0 N–H and O–H groups in total. The summed E-state index contributed by atoms with van der Waals surface area (Å²) in [5.41, 5.74) is 1.52. The van der Waals surface area contributed by atoms with Crippen molar-refractivity contribution in [2.24, 2.45) is 0 Å². The Morgan fingerprint density at radius 3 is 2.42 bits per heavy atom. The lowest BCUT2D eigenvalue weighted by molar-refractivity contribution is 0.134. The molecule has 1 aliphatic rings. The fourth-order valence-corrected chi connectivity index (χ4v) is 2.80. The van der Waals surface area contributed by atoms with Crippen molar-refractivity contribution in [3.05, 3.63) is 71.6 Å². The molecule has 5 heteroatoms. The molecule has 2 heterocycles. The van der Waals surface area contributed by atoms with E-state index in [1.165, 1.54) is 5.56 Å². The Hall–Kier alpha value is -2.11. The van der Waals surface area contributed by atoms with Crippen molar-refractivity contribution in [2.75, 3.05) is 32.7 Å². The third kappa shape index (κ3) is 4.69. The zero-order valence-electron chi connectivity index (χ0n) is 13.5. The summed E-state index contributed by atoms with van der Waals surface area (Å²) in [6.45, 7) is 4.92. The van der Waals surface area contributed by atoms with Gasteiger partial charge in [-0.1, -0.05) is 42.5 Å². The smallest absolute Gasteiger partial charge is 0.148 e. The van der Waals surface area contributed by atoms with E-state index in [-0.39, 0.29) is 0 Å². The van der Waals surface area contributed by atoms with Crippen LogP contribution in [0.25, 0.3) is 6.08 Å². The molecule has 1 fully saturated rings. The van der Waals surface area contributed by atoms with E-state index < -0.39 is 11.6 Å². The monoisotopic (exact) mass is 329 g/mol. The molecule has 1 aromatic carbocycles. The first kappa shape index (κ1) is 16.7. The van der Waals surface area contributed by atoms with E-state index in [9.17, 15) is 8.78 Å². The van der Waals surface area contributed by atoms with Gasteiger partial charge < -0.3 is 0 Å². The van der Waals surface area contributed by atoms with E-state index in [0.717, 1.165) is 45.0 Å². The SMILES string of the molecule is Fc1cnc(CN2CCN(C/C=C/c3ccccc3)CC2)c(F)c1. The molecule has 0 spiro atoms. The Balaban J connectivity index is 1.45. The van der Waals surface area contributed by atoms with Crippen molar-refractivity contribution < 1.29 is 8.78 Å². The Morgan fingerprint density at radius 2 is 1.71 bits per heavy atom. The maximum Gasteiger partial charge on any atom is 0.148 e. The number of hydrogen-bond acceptors (Lipinski definition) is 3. The second-order valence-corrected chi connectivity index (χ2v) is 5.97. The maximum absolute atomic E-state index is 13.7. The normalized spacial score (nSPS) is 16.8. The molecular formula is C19H21F2N3. The largest absolute Gasteiger partial charge is 0.297 e. The van der Waals surface area contributed by atoms with Crippen LogP contribution in [-0.4, -0.2) is 47.5 Å². The lowest BCUT2D eigenvalue weighted by atomic mass is 10.2. The number of benzene rings is 1. The highest BCUT2D eigenvalue weighted by Gasteiger charge is 2.18. The van der Waals surface area contributed by atoms with Crippen molar-refractivity contribution >= 4 is 6.08 Å². The first-order valence-corrected chi connectivity index (χ1v) is 8.17. The first-order chi connectivity index (χ1) is 11.7. The van der Waals surface area contributed by atoms with Crippen molar-refractivity contribution in [1.29, 1.82) is 0 Å². The van der Waals surface area contributed by atoms with Gasteiger partial charge in [-0.15, -0.1) is 0 Å². The molecule has 0 saturated carbocycles. The number of halogens is 2. The summed E-state index contributed by atoms with van der Waals surface area (Å²) < 4.78 is 26.6. The predicted octanol–water partition coefficient (Wildman–Crippen LogP) is 3.19. The average Bonchev–Trinajstić information content (AvgIpc) is 2.60. The van der Waals surface area contributed by atoms with Gasteiger partial charge in [0.2, 0.25) is 0 Å². The molecule has 0 atom stereocenters. The number of nitrogens with zero attached hydrogens (tertiary/aromatic N) is 3. The summed E-state index contributed by atoms with van der Waals surface area (Å²) in [6.07, 6.45) is 5.37. The molecule has 2 aromatic rings. The Labute approximate surface area is 141 Å². The van der Waals surface area contributed by atoms with Crippen LogP contribution < -0.4 is 0 Å². The lowest BCUT2D eigenvalue weighted by Crippen LogP contribution is -2.46. The second-order valence-electron chi connectivity index (χ2n) is 5.97. The van der Waals surface area contributed by atoms with Crippen LogP contribution in [0.3, 0.4) is 0 Å². The maximum atomic E-state index is 13.7. The Kier molecular flexibility index (Phi) is 5.67. The molecule has 3 nitrogen and oxygen atoms in total. The van der Waals surface area contributed by atoms with Crippen molar-refractivity contribution in [3.63, 3.8) is 0 Å². The number of rotatable bonds is 5. The van der Waals surface area contributed by atoms with E-state index in [0.29, 0.717) is 12.2 Å². The number of aromatic nitrogens is 1. The molecule has 0 aliphatic carbocycles. The van der Waals surface area contributed by atoms with E-state index in [2.05, 4.69) is 39.1 Å². The van der Waals surface area contributed by atoms with Gasteiger partial charge in [-0.3, -0.25) is 14.8 Å². The summed E-state index contributed by atoms with van der Waals surface area (Å²) in [7, 11) is 0. The summed E-state index contributed by atoms with van der Waals surface area (Å²) in [5, 5.41) is 0. The molecule has 0 unspecified atom stereocenters. The Morgan fingerprint density at radius 1 is 1.00 bits per heavy atom. The topological polar surface area (TPSA) is 19.4 Å². The second kappa shape index (κ2) is 8.13. The molecule has 1 saturated heterocycles. The van der Waals surface area contributed by atoms with E-state index in [1.54, 1.807) is 0 Å². The highest BCUT2D eigenvalue weighted by Crippen LogP contribution is 2.11. The van der Waals surface area contributed by atoms with E-state index in [4.69, 9.17) is 0 Å². The zero-order chi connectivity index (χ0) is 16.8. The third-order valence-corrected chi connectivity index (χ3v) is 4.20. The van der Waals surface area contributed by atoms with Gasteiger partial charge in [0.25, 0.3) is 0 Å². The van der Waals surface area contributed by atoms with Gasteiger partial charge >= 0.3 is 0 Å². The minimum absolute atomic E-state index is 0.314. The summed E-state index contributed by atoms with van der Waals surface area (Å²) in [6, 6.07) is 11.1. The molecule has 0 bridgehead atoms. The van der Waals surface area contributed by atoms with Crippen LogP contribution in [0.2, 0.25) is 0 Å². The molecule has 0 radical (unpaired) electrons. The quantitative estimate of drug-likeness (QED) is 0.840. The van der Waals surface area contributed by atoms with Gasteiger partial charge in [-0.05, 0) is 5.56 Å². The van der Waals surface area contributed by atoms with Crippen molar-refractivity contribution in [2.45, 2.75) is 6.54 Å². The van der Waals surface area contributed by atoms with Gasteiger partial charge in [-0.2, -0.15) is 0 Å². The summed E-state index contributed by atoms with van der Waals surface area (Å²) in [4.78, 5) is 8.38. The average molecular weight is 329 g/mol. The molecule has 0 amide bonds.